The summed E-state index contributed by atoms with van der Waals surface area (Å²) in [4.78, 5) is 27.5. The lowest BCUT2D eigenvalue weighted by Gasteiger charge is -2.19. The fraction of sp³-hybridized carbons (Fsp3) is 0.227. The molecule has 0 bridgehead atoms. The molecular formula is C22H20N4O2S. The van der Waals surface area contributed by atoms with Gasteiger partial charge in [0.25, 0.3) is 5.91 Å². The van der Waals surface area contributed by atoms with Crippen LogP contribution in [0.5, 0.6) is 5.75 Å². The summed E-state index contributed by atoms with van der Waals surface area (Å²) in [5.74, 6) is 1.75. The van der Waals surface area contributed by atoms with E-state index in [4.69, 9.17) is 4.74 Å². The summed E-state index contributed by atoms with van der Waals surface area (Å²) in [6, 6.07) is 12.4. The maximum atomic E-state index is 13.0. The molecule has 6 nitrogen and oxygen atoms in total. The molecule has 4 aromatic rings. The molecule has 7 heteroatoms. The number of fused-ring (bicyclic) bond motifs is 2. The molecule has 29 heavy (non-hydrogen) atoms. The SMILES string of the molecule is Cc1nc2cc(-c3ccc4c(c3)CN(C(=O)c3scnc3C)CCO4)ccc2[nH]1. The van der Waals surface area contributed by atoms with Crippen molar-refractivity contribution in [3.05, 3.63) is 63.9 Å². The van der Waals surface area contributed by atoms with Gasteiger partial charge in [-0.25, -0.2) is 9.97 Å². The highest BCUT2D eigenvalue weighted by Gasteiger charge is 2.24. The number of H-pyrrole nitrogens is 1. The fourth-order valence-corrected chi connectivity index (χ4v) is 4.48. The summed E-state index contributed by atoms with van der Waals surface area (Å²) < 4.78 is 5.92. The summed E-state index contributed by atoms with van der Waals surface area (Å²) >= 11 is 1.39. The minimum atomic E-state index is 0.0141. The molecule has 1 N–H and O–H groups in total. The van der Waals surface area contributed by atoms with E-state index >= 15 is 0 Å². The Morgan fingerprint density at radius 3 is 2.83 bits per heavy atom. The van der Waals surface area contributed by atoms with Gasteiger partial charge >= 0.3 is 0 Å². The first-order valence-corrected chi connectivity index (χ1v) is 10.4. The van der Waals surface area contributed by atoms with Gasteiger partial charge in [-0.15, -0.1) is 11.3 Å². The van der Waals surface area contributed by atoms with E-state index in [0.717, 1.165) is 45.0 Å². The maximum absolute atomic E-state index is 13.0. The number of thiazole rings is 1. The van der Waals surface area contributed by atoms with E-state index < -0.39 is 0 Å². The molecule has 0 saturated carbocycles. The number of aromatic amines is 1. The molecule has 0 atom stereocenters. The van der Waals surface area contributed by atoms with Gasteiger partial charge in [0.1, 0.15) is 23.1 Å². The minimum absolute atomic E-state index is 0.0141. The van der Waals surface area contributed by atoms with Crippen LogP contribution in [0.25, 0.3) is 22.2 Å². The van der Waals surface area contributed by atoms with Gasteiger partial charge < -0.3 is 14.6 Å². The second-order valence-corrected chi connectivity index (χ2v) is 8.07. The van der Waals surface area contributed by atoms with Gasteiger partial charge in [-0.05, 0) is 49.2 Å². The zero-order valence-corrected chi connectivity index (χ0v) is 17.0. The van der Waals surface area contributed by atoms with E-state index in [1.54, 1.807) is 5.51 Å². The zero-order valence-electron chi connectivity index (χ0n) is 16.2. The fourth-order valence-electron chi connectivity index (χ4n) is 3.71. The predicted octanol–water partition coefficient (Wildman–Crippen LogP) is 4.34. The number of nitrogens with zero attached hydrogens (tertiary/aromatic N) is 3. The van der Waals surface area contributed by atoms with Crippen LogP contribution < -0.4 is 4.74 Å². The number of carbonyl (C=O) groups is 1. The number of hydrogen-bond donors (Lipinski definition) is 1. The average Bonchev–Trinajstić information content (AvgIpc) is 3.23. The van der Waals surface area contributed by atoms with Crippen molar-refractivity contribution in [2.45, 2.75) is 20.4 Å². The van der Waals surface area contributed by atoms with Gasteiger partial charge in [0.15, 0.2) is 0 Å². The molecule has 1 amide bonds. The number of hydrogen-bond acceptors (Lipinski definition) is 5. The molecule has 5 rings (SSSR count). The van der Waals surface area contributed by atoms with Crippen molar-refractivity contribution in [1.29, 1.82) is 0 Å². The van der Waals surface area contributed by atoms with Crippen molar-refractivity contribution in [3.8, 4) is 16.9 Å². The van der Waals surface area contributed by atoms with Crippen LogP contribution in [0.1, 0.15) is 26.8 Å². The van der Waals surface area contributed by atoms with Crippen molar-refractivity contribution >= 4 is 28.3 Å². The van der Waals surface area contributed by atoms with Gasteiger partial charge in [0.05, 0.1) is 28.8 Å². The van der Waals surface area contributed by atoms with Gasteiger partial charge in [-0.3, -0.25) is 4.79 Å². The van der Waals surface area contributed by atoms with Crippen LogP contribution in [0, 0.1) is 13.8 Å². The molecule has 1 aliphatic rings. The third kappa shape index (κ3) is 3.27. The number of rotatable bonds is 2. The van der Waals surface area contributed by atoms with E-state index in [9.17, 15) is 4.79 Å². The second kappa shape index (κ2) is 7.00. The van der Waals surface area contributed by atoms with Crippen LogP contribution in [0.4, 0.5) is 0 Å². The number of aryl methyl sites for hydroxylation is 2. The van der Waals surface area contributed by atoms with Crippen LogP contribution in [0.15, 0.2) is 41.9 Å². The molecule has 0 radical (unpaired) electrons. The predicted molar refractivity (Wildman–Crippen MR) is 113 cm³/mol. The van der Waals surface area contributed by atoms with Crippen LogP contribution >= 0.6 is 11.3 Å². The van der Waals surface area contributed by atoms with Gasteiger partial charge in [0.2, 0.25) is 0 Å². The van der Waals surface area contributed by atoms with Crippen molar-refractivity contribution in [2.24, 2.45) is 0 Å². The third-order valence-corrected chi connectivity index (χ3v) is 6.12. The molecule has 0 saturated heterocycles. The Labute approximate surface area is 172 Å². The van der Waals surface area contributed by atoms with Crippen molar-refractivity contribution in [3.63, 3.8) is 0 Å². The molecule has 0 aliphatic carbocycles. The number of aromatic nitrogens is 3. The lowest BCUT2D eigenvalue weighted by molar-refractivity contribution is 0.0737. The largest absolute Gasteiger partial charge is 0.491 e. The topological polar surface area (TPSA) is 71.1 Å². The van der Waals surface area contributed by atoms with Crippen LogP contribution in [0.2, 0.25) is 0 Å². The Hall–Kier alpha value is -3.19. The zero-order chi connectivity index (χ0) is 20.0. The standard InChI is InChI=1S/C22H20N4O2S/c1-13-21(29-12-23-13)22(27)26-7-8-28-20-6-4-15(9-17(20)11-26)16-3-5-18-19(10-16)25-14(2)24-18/h3-6,9-10,12H,7-8,11H2,1-2H3,(H,24,25). The lowest BCUT2D eigenvalue weighted by Crippen LogP contribution is -2.32. The summed E-state index contributed by atoms with van der Waals surface area (Å²) in [5, 5.41) is 0. The first-order valence-electron chi connectivity index (χ1n) is 9.50. The number of carbonyl (C=O) groups excluding carboxylic acids is 1. The molecule has 2 aromatic carbocycles. The van der Waals surface area contributed by atoms with E-state index in [1.165, 1.54) is 11.3 Å². The normalized spacial score (nSPS) is 13.8. The maximum Gasteiger partial charge on any atom is 0.266 e. The van der Waals surface area contributed by atoms with E-state index in [-0.39, 0.29) is 5.91 Å². The molecule has 3 heterocycles. The second-order valence-electron chi connectivity index (χ2n) is 7.22. The summed E-state index contributed by atoms with van der Waals surface area (Å²) in [5.41, 5.74) is 7.65. The molecule has 0 unspecified atom stereocenters. The van der Waals surface area contributed by atoms with Crippen molar-refractivity contribution in [2.75, 3.05) is 13.2 Å². The highest BCUT2D eigenvalue weighted by molar-refractivity contribution is 7.11. The highest BCUT2D eigenvalue weighted by Crippen LogP contribution is 2.31. The monoisotopic (exact) mass is 404 g/mol. The smallest absolute Gasteiger partial charge is 0.266 e. The van der Waals surface area contributed by atoms with E-state index in [0.29, 0.717) is 24.6 Å². The molecule has 1 aliphatic heterocycles. The molecule has 0 fully saturated rings. The van der Waals surface area contributed by atoms with Crippen LogP contribution in [-0.4, -0.2) is 38.9 Å². The first-order chi connectivity index (χ1) is 14.1. The Morgan fingerprint density at radius 1 is 1.17 bits per heavy atom. The summed E-state index contributed by atoms with van der Waals surface area (Å²) in [6.45, 7) is 5.38. The number of amides is 1. The van der Waals surface area contributed by atoms with Gasteiger partial charge in [-0.1, -0.05) is 12.1 Å². The van der Waals surface area contributed by atoms with Gasteiger partial charge in [-0.2, -0.15) is 0 Å². The minimum Gasteiger partial charge on any atom is -0.491 e. The number of benzene rings is 2. The number of imidazole rings is 1. The lowest BCUT2D eigenvalue weighted by atomic mass is 10.0. The molecule has 146 valence electrons. The highest BCUT2D eigenvalue weighted by atomic mass is 32.1. The van der Waals surface area contributed by atoms with Crippen LogP contribution in [-0.2, 0) is 6.54 Å². The van der Waals surface area contributed by atoms with E-state index in [1.807, 2.05) is 24.8 Å². The third-order valence-electron chi connectivity index (χ3n) is 5.20. The molecular weight excluding hydrogens is 384 g/mol. The van der Waals surface area contributed by atoms with Crippen LogP contribution in [0.3, 0.4) is 0 Å². The van der Waals surface area contributed by atoms with Gasteiger partial charge in [0, 0.05) is 12.1 Å². The number of ether oxygens (including phenoxy) is 1. The Kier molecular flexibility index (Phi) is 4.32. The quantitative estimate of drug-likeness (QED) is 0.540. The Morgan fingerprint density at radius 2 is 2.00 bits per heavy atom. The van der Waals surface area contributed by atoms with E-state index in [2.05, 4.69) is 45.3 Å². The Balaban J connectivity index is 1.48. The molecule has 0 spiro atoms. The first kappa shape index (κ1) is 17.9. The van der Waals surface area contributed by atoms with Crippen molar-refractivity contribution < 1.29 is 9.53 Å². The average molecular weight is 404 g/mol. The van der Waals surface area contributed by atoms with Crippen molar-refractivity contribution in [1.82, 2.24) is 19.9 Å². The number of nitrogens with one attached hydrogen (secondary N) is 1. The summed E-state index contributed by atoms with van der Waals surface area (Å²) in [7, 11) is 0. The summed E-state index contributed by atoms with van der Waals surface area (Å²) in [6.07, 6.45) is 0. The molecule has 2 aromatic heterocycles. The Bertz CT molecular complexity index is 1230.